The molecule has 4 N–H and O–H groups in total. The smallest absolute Gasteiger partial charge is 0.270 e. The average Bonchev–Trinajstić information content (AvgIpc) is 3.04. The number of ether oxygens (including phenoxy) is 1. The summed E-state index contributed by atoms with van der Waals surface area (Å²) in [4.78, 5) is 24.3. The van der Waals surface area contributed by atoms with Crippen LogP contribution >= 0.6 is 0 Å². The van der Waals surface area contributed by atoms with Crippen molar-refractivity contribution >= 4 is 11.8 Å². The van der Waals surface area contributed by atoms with Crippen molar-refractivity contribution in [1.82, 2.24) is 15.1 Å². The lowest BCUT2D eigenvalue weighted by Crippen LogP contribution is -2.49. The summed E-state index contributed by atoms with van der Waals surface area (Å²) >= 11 is 0. The summed E-state index contributed by atoms with van der Waals surface area (Å²) in [6, 6.07) is 8.26. The molecule has 2 amide bonds. The van der Waals surface area contributed by atoms with E-state index >= 15 is 0 Å². The number of hydrogen-bond donors (Lipinski definition) is 3. The molecule has 0 saturated heterocycles. The topological polar surface area (TPSA) is 119 Å². The summed E-state index contributed by atoms with van der Waals surface area (Å²) in [5.74, 6) is -0.572. The number of aliphatic hydroxyl groups excluding tert-OH is 1. The summed E-state index contributed by atoms with van der Waals surface area (Å²) in [6.07, 6.45) is 1.38. The van der Waals surface area contributed by atoms with Gasteiger partial charge in [0.1, 0.15) is 11.4 Å². The third-order valence-corrected chi connectivity index (χ3v) is 4.54. The minimum Gasteiger partial charge on any atom is -0.494 e. The molecule has 0 spiro atoms. The zero-order valence-corrected chi connectivity index (χ0v) is 15.2. The molecule has 8 heteroatoms. The maximum Gasteiger partial charge on any atom is 0.270 e. The monoisotopic (exact) mass is 372 g/mol. The molecule has 144 valence electrons. The summed E-state index contributed by atoms with van der Waals surface area (Å²) in [5.41, 5.74) is 6.90. The van der Waals surface area contributed by atoms with Gasteiger partial charge in [-0.05, 0) is 44.4 Å². The number of hydrogen-bond acceptors (Lipinski definition) is 5. The Morgan fingerprint density at radius 3 is 2.96 bits per heavy atom. The zero-order chi connectivity index (χ0) is 19.4. The van der Waals surface area contributed by atoms with Crippen LogP contribution in [-0.4, -0.2) is 45.5 Å². The summed E-state index contributed by atoms with van der Waals surface area (Å²) in [7, 11) is 0. The highest BCUT2D eigenvalue weighted by Gasteiger charge is 2.27. The molecule has 1 aromatic carbocycles. The first kappa shape index (κ1) is 18.9. The Balaban J connectivity index is 1.98. The molecular formula is C19H24N4O4. The number of nitrogens with one attached hydrogen (secondary N) is 1. The van der Waals surface area contributed by atoms with E-state index in [0.29, 0.717) is 35.9 Å². The summed E-state index contributed by atoms with van der Waals surface area (Å²) in [6.45, 7) is 2.35. The van der Waals surface area contributed by atoms with Crippen molar-refractivity contribution < 1.29 is 19.4 Å². The Bertz CT molecular complexity index is 833. The van der Waals surface area contributed by atoms with Gasteiger partial charge in [0.2, 0.25) is 5.91 Å². The van der Waals surface area contributed by atoms with E-state index in [-0.39, 0.29) is 0 Å². The summed E-state index contributed by atoms with van der Waals surface area (Å²) < 4.78 is 7.31. The Hall–Kier alpha value is -2.87. The molecule has 0 fully saturated rings. The molecule has 2 bridgehead atoms. The number of nitrogens with two attached hydrogens (primary N) is 1. The van der Waals surface area contributed by atoms with E-state index in [1.807, 2.05) is 24.3 Å². The van der Waals surface area contributed by atoms with Gasteiger partial charge >= 0.3 is 0 Å². The van der Waals surface area contributed by atoms with Gasteiger partial charge in [-0.1, -0.05) is 12.5 Å². The van der Waals surface area contributed by atoms with Crippen molar-refractivity contribution in [2.45, 2.75) is 44.8 Å². The molecule has 0 aliphatic carbocycles. The largest absolute Gasteiger partial charge is 0.494 e. The first-order valence-corrected chi connectivity index (χ1v) is 9.04. The zero-order valence-electron chi connectivity index (χ0n) is 15.2. The fourth-order valence-electron chi connectivity index (χ4n) is 3.15. The predicted octanol–water partition coefficient (Wildman–Crippen LogP) is 1.08. The Morgan fingerprint density at radius 2 is 2.19 bits per heavy atom. The second-order valence-corrected chi connectivity index (χ2v) is 6.71. The standard InChI is InChI=1S/C19H24N4O4/c1-12-10-16-19(26)21-15(17(24)18(20)25)8-3-2-4-9-27-14-7-5-6-13(11-14)23(16)22-12/h5-7,10-11,15,17,24H,2-4,8-9H2,1H3,(H2,20,25)(H,21,26). The van der Waals surface area contributed by atoms with Gasteiger partial charge in [-0.3, -0.25) is 9.59 Å². The molecule has 1 aliphatic rings. The van der Waals surface area contributed by atoms with Crippen LogP contribution in [0.2, 0.25) is 0 Å². The van der Waals surface area contributed by atoms with Crippen LogP contribution in [-0.2, 0) is 4.79 Å². The Morgan fingerprint density at radius 1 is 1.37 bits per heavy atom. The lowest BCUT2D eigenvalue weighted by atomic mass is 10.0. The van der Waals surface area contributed by atoms with Gasteiger partial charge in [0.05, 0.1) is 24.0 Å². The second kappa shape index (κ2) is 8.22. The number of nitrogens with zero attached hydrogens (tertiary/aromatic N) is 2. The molecule has 0 saturated carbocycles. The van der Waals surface area contributed by atoms with Gasteiger partial charge in [-0.2, -0.15) is 5.10 Å². The average molecular weight is 372 g/mol. The molecule has 8 nitrogen and oxygen atoms in total. The molecule has 1 aliphatic heterocycles. The SMILES string of the molecule is Cc1cc2n(n1)-c1cccc(c1)OCCCCCC(C(O)C(N)=O)NC2=O. The van der Waals surface area contributed by atoms with Gasteiger partial charge in [0, 0.05) is 6.07 Å². The molecule has 2 unspecified atom stereocenters. The van der Waals surface area contributed by atoms with Crippen LogP contribution < -0.4 is 15.8 Å². The van der Waals surface area contributed by atoms with Crippen LogP contribution in [0.5, 0.6) is 5.75 Å². The van der Waals surface area contributed by atoms with Crippen molar-refractivity contribution in [3.05, 3.63) is 41.7 Å². The van der Waals surface area contributed by atoms with Gasteiger partial charge in [-0.15, -0.1) is 0 Å². The number of carbonyl (C=O) groups is 2. The maximum atomic E-state index is 12.9. The van der Waals surface area contributed by atoms with Crippen molar-refractivity contribution in [3.63, 3.8) is 0 Å². The molecule has 2 atom stereocenters. The number of rotatable bonds is 2. The van der Waals surface area contributed by atoms with E-state index in [9.17, 15) is 14.7 Å². The molecule has 1 aromatic heterocycles. The van der Waals surface area contributed by atoms with Gasteiger partial charge in [0.25, 0.3) is 5.91 Å². The van der Waals surface area contributed by atoms with Crippen LogP contribution in [0.3, 0.4) is 0 Å². The highest BCUT2D eigenvalue weighted by atomic mass is 16.5. The van der Waals surface area contributed by atoms with Crippen molar-refractivity contribution in [2.24, 2.45) is 5.73 Å². The minimum absolute atomic E-state index is 0.309. The van der Waals surface area contributed by atoms with Crippen LogP contribution in [0.1, 0.15) is 41.9 Å². The first-order chi connectivity index (χ1) is 13.0. The Labute approximate surface area is 157 Å². The third-order valence-electron chi connectivity index (χ3n) is 4.54. The van der Waals surface area contributed by atoms with Gasteiger partial charge in [0.15, 0.2) is 6.10 Å². The quantitative estimate of drug-likeness (QED) is 0.729. The molecule has 27 heavy (non-hydrogen) atoms. The number of aliphatic hydroxyl groups is 1. The summed E-state index contributed by atoms with van der Waals surface area (Å²) in [5, 5.41) is 17.2. The maximum absolute atomic E-state index is 12.9. The lowest BCUT2D eigenvalue weighted by Gasteiger charge is -2.22. The highest BCUT2D eigenvalue weighted by molar-refractivity contribution is 5.94. The van der Waals surface area contributed by atoms with Crippen LogP contribution in [0, 0.1) is 6.92 Å². The molecule has 2 aromatic rings. The van der Waals surface area contributed by atoms with Crippen LogP contribution in [0.15, 0.2) is 30.3 Å². The fourth-order valence-corrected chi connectivity index (χ4v) is 3.15. The lowest BCUT2D eigenvalue weighted by molar-refractivity contribution is -0.127. The van der Waals surface area contributed by atoms with Gasteiger partial charge < -0.3 is 20.9 Å². The van der Waals surface area contributed by atoms with E-state index in [0.717, 1.165) is 19.3 Å². The second-order valence-electron chi connectivity index (χ2n) is 6.71. The number of benzene rings is 1. The van der Waals surface area contributed by atoms with Crippen LogP contribution in [0.25, 0.3) is 5.69 Å². The first-order valence-electron chi connectivity index (χ1n) is 9.04. The molecule has 0 radical (unpaired) electrons. The van der Waals surface area contributed by atoms with Crippen LogP contribution in [0.4, 0.5) is 0 Å². The normalized spacial score (nSPS) is 19.2. The number of primary amides is 1. The molecule has 3 rings (SSSR count). The van der Waals surface area contributed by atoms with E-state index < -0.39 is 24.0 Å². The number of amides is 2. The Kier molecular flexibility index (Phi) is 5.75. The third kappa shape index (κ3) is 4.46. The predicted molar refractivity (Wildman–Crippen MR) is 98.7 cm³/mol. The fraction of sp³-hybridized carbons (Fsp3) is 0.421. The highest BCUT2D eigenvalue weighted by Crippen LogP contribution is 2.20. The molecular weight excluding hydrogens is 348 g/mol. The van der Waals surface area contributed by atoms with Crippen molar-refractivity contribution in [3.8, 4) is 11.4 Å². The molecule has 2 heterocycles. The number of aryl methyl sites for hydroxylation is 1. The number of carbonyl (C=O) groups excluding carboxylic acids is 2. The minimum atomic E-state index is -1.45. The number of fused-ring (bicyclic) bond motifs is 4. The van der Waals surface area contributed by atoms with E-state index in [1.54, 1.807) is 13.0 Å². The van der Waals surface area contributed by atoms with E-state index in [1.165, 1.54) is 4.68 Å². The van der Waals surface area contributed by atoms with E-state index in [2.05, 4.69) is 10.4 Å². The van der Waals surface area contributed by atoms with Crippen molar-refractivity contribution in [1.29, 1.82) is 0 Å². The van der Waals surface area contributed by atoms with Gasteiger partial charge in [-0.25, -0.2) is 4.68 Å². The number of aromatic nitrogens is 2. The van der Waals surface area contributed by atoms with Crippen molar-refractivity contribution in [2.75, 3.05) is 6.61 Å². The van der Waals surface area contributed by atoms with E-state index in [4.69, 9.17) is 10.5 Å².